The highest BCUT2D eigenvalue weighted by Gasteiger charge is 2.11. The third-order valence-corrected chi connectivity index (χ3v) is 3.65. The number of halogens is 1. The van der Waals surface area contributed by atoms with Gasteiger partial charge in [0.1, 0.15) is 6.61 Å². The zero-order chi connectivity index (χ0) is 15.2. The molecule has 2 aromatic rings. The van der Waals surface area contributed by atoms with Gasteiger partial charge >= 0.3 is 0 Å². The first-order valence-electron chi connectivity index (χ1n) is 6.46. The van der Waals surface area contributed by atoms with Gasteiger partial charge in [0.05, 0.1) is 24.8 Å². The maximum absolute atomic E-state index is 9.19. The van der Waals surface area contributed by atoms with Crippen LogP contribution in [-0.4, -0.2) is 17.3 Å². The number of hydrogen-bond acceptors (Lipinski definition) is 4. The van der Waals surface area contributed by atoms with E-state index in [-0.39, 0.29) is 13.2 Å². The van der Waals surface area contributed by atoms with Crippen LogP contribution in [0.1, 0.15) is 16.7 Å². The van der Waals surface area contributed by atoms with E-state index in [9.17, 15) is 5.11 Å². The van der Waals surface area contributed by atoms with Gasteiger partial charge in [-0.1, -0.05) is 24.3 Å². The number of rotatable bonds is 6. The normalized spacial score (nSPS) is 10.5. The van der Waals surface area contributed by atoms with Crippen molar-refractivity contribution >= 4 is 15.9 Å². The van der Waals surface area contributed by atoms with Gasteiger partial charge in [0.15, 0.2) is 11.5 Å². The first-order chi connectivity index (χ1) is 10.2. The standard InChI is InChI=1S/C16H17BrO4/c1-20-15-7-13(9-19)6-14(17)16(15)21-10-12-4-2-11(8-18)3-5-12/h2-7,18-19H,8-10H2,1H3. The van der Waals surface area contributed by atoms with Crippen molar-refractivity contribution in [3.63, 3.8) is 0 Å². The Balaban J connectivity index is 2.15. The SMILES string of the molecule is COc1cc(CO)cc(Br)c1OCc1ccc(CO)cc1. The molecule has 0 atom stereocenters. The van der Waals surface area contributed by atoms with Gasteiger partial charge in [-0.05, 0) is 44.8 Å². The van der Waals surface area contributed by atoms with Crippen LogP contribution in [0.4, 0.5) is 0 Å². The quantitative estimate of drug-likeness (QED) is 0.838. The van der Waals surface area contributed by atoms with Crippen LogP contribution in [-0.2, 0) is 19.8 Å². The molecule has 0 aromatic heterocycles. The molecule has 112 valence electrons. The lowest BCUT2D eigenvalue weighted by Crippen LogP contribution is -2.00. The summed E-state index contributed by atoms with van der Waals surface area (Å²) in [6.07, 6.45) is 0. The van der Waals surface area contributed by atoms with Crippen molar-refractivity contribution in [3.8, 4) is 11.5 Å². The molecule has 0 radical (unpaired) electrons. The molecule has 0 aliphatic heterocycles. The van der Waals surface area contributed by atoms with Gasteiger partial charge in [-0.15, -0.1) is 0 Å². The summed E-state index contributed by atoms with van der Waals surface area (Å²) in [5, 5.41) is 18.2. The maximum Gasteiger partial charge on any atom is 0.175 e. The number of hydrogen-bond donors (Lipinski definition) is 2. The monoisotopic (exact) mass is 352 g/mol. The van der Waals surface area contributed by atoms with E-state index < -0.39 is 0 Å². The fourth-order valence-corrected chi connectivity index (χ4v) is 2.50. The van der Waals surface area contributed by atoms with Gasteiger partial charge in [-0.3, -0.25) is 0 Å². The average molecular weight is 353 g/mol. The van der Waals surface area contributed by atoms with Gasteiger partial charge in [-0.25, -0.2) is 0 Å². The van der Waals surface area contributed by atoms with Crippen molar-refractivity contribution in [2.75, 3.05) is 7.11 Å². The lowest BCUT2D eigenvalue weighted by atomic mass is 10.1. The van der Waals surface area contributed by atoms with E-state index in [1.165, 1.54) is 0 Å². The molecule has 2 rings (SSSR count). The molecule has 0 saturated carbocycles. The Kier molecular flexibility index (Phi) is 5.61. The van der Waals surface area contributed by atoms with E-state index >= 15 is 0 Å². The minimum absolute atomic E-state index is 0.0309. The largest absolute Gasteiger partial charge is 0.493 e. The molecule has 0 saturated heterocycles. The Morgan fingerprint density at radius 1 is 0.952 bits per heavy atom. The Hall–Kier alpha value is -1.56. The molecule has 0 fully saturated rings. The van der Waals surface area contributed by atoms with Crippen LogP contribution in [0.3, 0.4) is 0 Å². The first-order valence-corrected chi connectivity index (χ1v) is 7.26. The van der Waals surface area contributed by atoms with Crippen LogP contribution in [0.15, 0.2) is 40.9 Å². The predicted molar refractivity (Wildman–Crippen MR) is 83.3 cm³/mol. The minimum Gasteiger partial charge on any atom is -0.493 e. The molecular formula is C16H17BrO4. The molecule has 2 aromatic carbocycles. The van der Waals surface area contributed by atoms with Crippen molar-refractivity contribution in [2.24, 2.45) is 0 Å². The third kappa shape index (κ3) is 3.97. The molecule has 0 unspecified atom stereocenters. The van der Waals surface area contributed by atoms with Crippen LogP contribution in [0.2, 0.25) is 0 Å². The maximum atomic E-state index is 9.19. The van der Waals surface area contributed by atoms with Crippen LogP contribution >= 0.6 is 15.9 Å². The van der Waals surface area contributed by atoms with Gasteiger partial charge in [0, 0.05) is 0 Å². The van der Waals surface area contributed by atoms with Gasteiger partial charge in [0.25, 0.3) is 0 Å². The van der Waals surface area contributed by atoms with E-state index in [4.69, 9.17) is 14.6 Å². The molecule has 0 aliphatic rings. The zero-order valence-corrected chi connectivity index (χ0v) is 13.3. The van der Waals surface area contributed by atoms with Gasteiger partial charge in [0.2, 0.25) is 0 Å². The predicted octanol–water partition coefficient (Wildman–Crippen LogP) is 3.02. The minimum atomic E-state index is -0.0577. The van der Waals surface area contributed by atoms with Gasteiger partial charge in [-0.2, -0.15) is 0 Å². The number of benzene rings is 2. The molecule has 0 spiro atoms. The first kappa shape index (κ1) is 15.8. The second kappa shape index (κ2) is 7.45. The van der Waals surface area contributed by atoms with Crippen LogP contribution in [0.5, 0.6) is 11.5 Å². The molecule has 0 heterocycles. The Morgan fingerprint density at radius 3 is 2.14 bits per heavy atom. The zero-order valence-electron chi connectivity index (χ0n) is 11.7. The second-order valence-electron chi connectivity index (χ2n) is 4.53. The van der Waals surface area contributed by atoms with E-state index in [0.29, 0.717) is 18.1 Å². The Morgan fingerprint density at radius 2 is 1.57 bits per heavy atom. The highest BCUT2D eigenvalue weighted by Crippen LogP contribution is 2.37. The summed E-state index contributed by atoms with van der Waals surface area (Å²) in [6.45, 7) is 0.361. The highest BCUT2D eigenvalue weighted by molar-refractivity contribution is 9.10. The summed E-state index contributed by atoms with van der Waals surface area (Å²) in [7, 11) is 1.56. The smallest absolute Gasteiger partial charge is 0.175 e. The van der Waals surface area contributed by atoms with E-state index in [2.05, 4.69) is 15.9 Å². The van der Waals surface area contributed by atoms with Crippen molar-refractivity contribution in [2.45, 2.75) is 19.8 Å². The summed E-state index contributed by atoms with van der Waals surface area (Å²) in [5.41, 5.74) is 2.61. The Bertz CT molecular complexity index is 596. The topological polar surface area (TPSA) is 58.9 Å². The summed E-state index contributed by atoms with van der Waals surface area (Å²) >= 11 is 3.43. The summed E-state index contributed by atoms with van der Waals surface area (Å²) in [4.78, 5) is 0. The third-order valence-electron chi connectivity index (χ3n) is 3.06. The molecule has 0 bridgehead atoms. The Labute approximate surface area is 132 Å². The number of aliphatic hydroxyl groups excluding tert-OH is 2. The summed E-state index contributed by atoms with van der Waals surface area (Å²) < 4.78 is 11.8. The number of ether oxygens (including phenoxy) is 2. The molecule has 0 aliphatic carbocycles. The highest BCUT2D eigenvalue weighted by atomic mass is 79.9. The second-order valence-corrected chi connectivity index (χ2v) is 5.38. The van der Waals surface area contributed by atoms with Crippen LogP contribution < -0.4 is 9.47 Å². The van der Waals surface area contributed by atoms with E-state index in [0.717, 1.165) is 21.2 Å². The molecule has 5 heteroatoms. The lowest BCUT2D eigenvalue weighted by molar-refractivity contribution is 0.272. The molecular weight excluding hydrogens is 336 g/mol. The van der Waals surface area contributed by atoms with Crippen molar-refractivity contribution in [1.29, 1.82) is 0 Å². The van der Waals surface area contributed by atoms with Crippen molar-refractivity contribution in [1.82, 2.24) is 0 Å². The van der Waals surface area contributed by atoms with E-state index in [1.807, 2.05) is 24.3 Å². The molecule has 2 N–H and O–H groups in total. The molecule has 21 heavy (non-hydrogen) atoms. The fraction of sp³-hybridized carbons (Fsp3) is 0.250. The van der Waals surface area contributed by atoms with Crippen LogP contribution in [0.25, 0.3) is 0 Å². The van der Waals surface area contributed by atoms with Crippen LogP contribution in [0, 0.1) is 0 Å². The summed E-state index contributed by atoms with van der Waals surface area (Å²) in [6, 6.07) is 11.1. The van der Waals surface area contributed by atoms with Gasteiger partial charge < -0.3 is 19.7 Å². The van der Waals surface area contributed by atoms with Crippen molar-refractivity contribution < 1.29 is 19.7 Å². The van der Waals surface area contributed by atoms with E-state index in [1.54, 1.807) is 19.2 Å². The molecule has 0 amide bonds. The number of methoxy groups -OCH3 is 1. The number of aliphatic hydroxyl groups is 2. The lowest BCUT2D eigenvalue weighted by Gasteiger charge is -2.14. The summed E-state index contributed by atoms with van der Waals surface area (Å²) in [5.74, 6) is 1.17. The molecule has 4 nitrogen and oxygen atoms in total. The fourth-order valence-electron chi connectivity index (χ4n) is 1.90. The van der Waals surface area contributed by atoms with Crippen molar-refractivity contribution in [3.05, 3.63) is 57.6 Å². The average Bonchev–Trinajstić information content (AvgIpc) is 2.53.